The molecule has 0 spiro atoms. The van der Waals surface area contributed by atoms with Crippen molar-refractivity contribution in [3.8, 4) is 22.5 Å². The van der Waals surface area contributed by atoms with E-state index in [2.05, 4.69) is 112 Å². The zero-order valence-electron chi connectivity index (χ0n) is 26.2. The Balaban J connectivity index is 0.000000196. The van der Waals surface area contributed by atoms with Crippen LogP contribution in [0.2, 0.25) is 19.6 Å². The summed E-state index contributed by atoms with van der Waals surface area (Å²) in [5.74, 6) is 0.907. The normalized spacial score (nSPS) is 11.5. The Labute approximate surface area is 270 Å². The van der Waals surface area contributed by atoms with E-state index in [4.69, 9.17) is 4.42 Å². The van der Waals surface area contributed by atoms with Crippen LogP contribution in [0, 0.1) is 19.1 Å². The predicted octanol–water partition coefficient (Wildman–Crippen LogP) is 9.49. The first-order valence-corrected chi connectivity index (χ1v) is 18.2. The second kappa shape index (κ2) is 13.5. The van der Waals surface area contributed by atoms with Crippen LogP contribution in [0.5, 0.6) is 0 Å². The van der Waals surface area contributed by atoms with Gasteiger partial charge in [-0.05, 0) is 53.5 Å². The third-order valence-corrected chi connectivity index (χ3v) is 9.47. The van der Waals surface area contributed by atoms with Crippen molar-refractivity contribution >= 4 is 35.3 Å². The molecule has 0 aliphatic heterocycles. The van der Waals surface area contributed by atoms with Crippen LogP contribution in [0.1, 0.15) is 56.4 Å². The van der Waals surface area contributed by atoms with Gasteiger partial charge in [-0.25, -0.2) is 4.98 Å². The fraction of sp³-hybridized carbons (Fsp3) is 0.270. The molecule has 2 aromatic carbocycles. The minimum Gasteiger partial charge on any atom is -0.486 e. The maximum atomic E-state index is 6.09. The summed E-state index contributed by atoms with van der Waals surface area (Å²) in [6, 6.07) is 29.0. The summed E-state index contributed by atoms with van der Waals surface area (Å²) in [6.45, 7) is 18.0. The Bertz CT molecular complexity index is 1840. The SMILES string of the molecule is CC(C)c1cc(-c2[c-]cccc2)ncc1[Si](C)(C)C.Cc1ccnc(-c2[c-]ccc3c2oc2nc(C(C)C)ccc23)c1.[Ir]. The van der Waals surface area contributed by atoms with Gasteiger partial charge in [0.2, 0.25) is 5.71 Å². The van der Waals surface area contributed by atoms with Crippen LogP contribution in [0.25, 0.3) is 44.6 Å². The molecule has 4 aromatic heterocycles. The summed E-state index contributed by atoms with van der Waals surface area (Å²) in [7, 11) is -1.34. The van der Waals surface area contributed by atoms with Gasteiger partial charge in [0.25, 0.3) is 0 Å². The molecule has 4 nitrogen and oxygen atoms in total. The van der Waals surface area contributed by atoms with Gasteiger partial charge in [-0.3, -0.25) is 0 Å². The second-order valence-electron chi connectivity index (χ2n) is 12.5. The molecule has 223 valence electrons. The Morgan fingerprint density at radius 2 is 1.58 bits per heavy atom. The number of furan rings is 1. The number of rotatable bonds is 5. The molecule has 0 aliphatic rings. The number of hydrogen-bond acceptors (Lipinski definition) is 4. The van der Waals surface area contributed by atoms with E-state index in [0.717, 1.165) is 50.1 Å². The molecule has 0 amide bonds. The summed E-state index contributed by atoms with van der Waals surface area (Å²) in [6.07, 6.45) is 3.91. The van der Waals surface area contributed by atoms with Crippen molar-refractivity contribution in [1.82, 2.24) is 15.0 Å². The molecule has 43 heavy (non-hydrogen) atoms. The summed E-state index contributed by atoms with van der Waals surface area (Å²) >= 11 is 0. The van der Waals surface area contributed by atoms with Crippen LogP contribution in [-0.4, -0.2) is 23.0 Å². The number of pyridine rings is 3. The molecule has 6 heteroatoms. The molecule has 0 N–H and O–H groups in total. The maximum Gasteiger partial charge on any atom is 0.216 e. The molecule has 6 aromatic rings. The van der Waals surface area contributed by atoms with Gasteiger partial charge in [0, 0.05) is 43.6 Å². The van der Waals surface area contributed by atoms with Gasteiger partial charge in [0.15, 0.2) is 0 Å². The van der Waals surface area contributed by atoms with E-state index in [1.807, 2.05) is 48.7 Å². The summed E-state index contributed by atoms with van der Waals surface area (Å²) in [5.41, 5.74) is 8.99. The molecule has 0 unspecified atom stereocenters. The van der Waals surface area contributed by atoms with E-state index in [-0.39, 0.29) is 20.1 Å². The van der Waals surface area contributed by atoms with Crippen LogP contribution in [0.3, 0.4) is 0 Å². The van der Waals surface area contributed by atoms with Gasteiger partial charge < -0.3 is 14.4 Å². The molecule has 0 atom stereocenters. The number of aromatic nitrogens is 3. The van der Waals surface area contributed by atoms with E-state index >= 15 is 0 Å². The maximum absolute atomic E-state index is 6.09. The molecule has 4 heterocycles. The molecule has 0 saturated heterocycles. The zero-order chi connectivity index (χ0) is 30.0. The first-order chi connectivity index (χ1) is 20.0. The molecule has 0 saturated carbocycles. The van der Waals surface area contributed by atoms with E-state index in [1.54, 1.807) is 0 Å². The molecule has 1 radical (unpaired) electrons. The van der Waals surface area contributed by atoms with Gasteiger partial charge >= 0.3 is 0 Å². The minimum absolute atomic E-state index is 0. The molecule has 0 bridgehead atoms. The van der Waals surface area contributed by atoms with Gasteiger partial charge in [-0.2, -0.15) is 0 Å². The molecule has 6 rings (SSSR count). The van der Waals surface area contributed by atoms with Crippen molar-refractivity contribution in [1.29, 1.82) is 0 Å². The second-order valence-corrected chi connectivity index (χ2v) is 17.5. The monoisotopic (exact) mass is 762 g/mol. The standard InChI is InChI=1S/C20H17N2O.C17H22NSi.Ir/c1-12(2)17-8-7-15-14-5-4-6-16(19(14)23-20(15)22-17)18-11-13(3)9-10-21-18;1-13(2)15-11-16(14-9-7-6-8-10-14)18-12-17(15)19(3,4)5;/h4-5,7-12H,1-3H3;6-9,11-13H,1-5H3;/q2*-1;. The smallest absolute Gasteiger partial charge is 0.216 e. The van der Waals surface area contributed by atoms with Gasteiger partial charge in [-0.15, -0.1) is 54.1 Å². The molecular weight excluding hydrogens is 723 g/mol. The van der Waals surface area contributed by atoms with Gasteiger partial charge in [0.1, 0.15) is 0 Å². The fourth-order valence-electron chi connectivity index (χ4n) is 5.10. The minimum atomic E-state index is -1.34. The van der Waals surface area contributed by atoms with Crippen molar-refractivity contribution in [3.05, 3.63) is 108 Å². The van der Waals surface area contributed by atoms with E-state index < -0.39 is 8.07 Å². The molecule has 0 aliphatic carbocycles. The topological polar surface area (TPSA) is 51.8 Å². The van der Waals surface area contributed by atoms with Crippen molar-refractivity contribution in [2.75, 3.05) is 0 Å². The average molecular weight is 762 g/mol. The van der Waals surface area contributed by atoms with Gasteiger partial charge in [-0.1, -0.05) is 81.5 Å². The number of nitrogens with zero attached hydrogens (tertiary/aromatic N) is 3. The zero-order valence-corrected chi connectivity index (χ0v) is 29.6. The summed E-state index contributed by atoms with van der Waals surface area (Å²) < 4.78 is 6.09. The van der Waals surface area contributed by atoms with Crippen LogP contribution in [-0.2, 0) is 20.1 Å². The predicted molar refractivity (Wildman–Crippen MR) is 178 cm³/mol. The van der Waals surface area contributed by atoms with E-state index in [1.165, 1.54) is 10.8 Å². The Morgan fingerprint density at radius 1 is 0.791 bits per heavy atom. The van der Waals surface area contributed by atoms with Crippen molar-refractivity contribution in [3.63, 3.8) is 0 Å². The van der Waals surface area contributed by atoms with Crippen LogP contribution in [0.4, 0.5) is 0 Å². The van der Waals surface area contributed by atoms with Crippen molar-refractivity contribution in [2.24, 2.45) is 0 Å². The molecular formula is C37H39IrN3OSi-2. The quantitative estimate of drug-likeness (QED) is 0.130. The fourth-order valence-corrected chi connectivity index (χ4v) is 6.78. The first-order valence-electron chi connectivity index (χ1n) is 14.7. The Kier molecular flexibility index (Phi) is 10.2. The molecule has 0 fully saturated rings. The third kappa shape index (κ3) is 7.21. The summed E-state index contributed by atoms with van der Waals surface area (Å²) in [4.78, 5) is 13.8. The van der Waals surface area contributed by atoms with E-state index in [9.17, 15) is 0 Å². The number of fused-ring (bicyclic) bond motifs is 3. The summed E-state index contributed by atoms with van der Waals surface area (Å²) in [5, 5.41) is 3.56. The third-order valence-electron chi connectivity index (χ3n) is 7.43. The van der Waals surface area contributed by atoms with Gasteiger partial charge in [0.05, 0.1) is 13.7 Å². The largest absolute Gasteiger partial charge is 0.486 e. The van der Waals surface area contributed by atoms with E-state index in [0.29, 0.717) is 17.5 Å². The van der Waals surface area contributed by atoms with Crippen LogP contribution >= 0.6 is 0 Å². The first kappa shape index (κ1) is 32.5. The Hall–Kier alpha value is -3.44. The Morgan fingerprint density at radius 3 is 2.23 bits per heavy atom. The van der Waals surface area contributed by atoms with Crippen molar-refractivity contribution in [2.45, 2.75) is 66.1 Å². The average Bonchev–Trinajstić information content (AvgIpc) is 3.35. The number of benzene rings is 2. The number of hydrogen-bond donors (Lipinski definition) is 0. The van der Waals surface area contributed by atoms with Crippen LogP contribution < -0.4 is 5.19 Å². The van der Waals surface area contributed by atoms with Crippen molar-refractivity contribution < 1.29 is 24.5 Å². The van der Waals surface area contributed by atoms with Crippen LogP contribution in [0.15, 0.2) is 83.5 Å². The number of aryl methyl sites for hydroxylation is 1.